The molecule has 0 amide bonds. The van der Waals surface area contributed by atoms with E-state index in [2.05, 4.69) is 32.0 Å². The normalized spacial score (nSPS) is 14.6. The van der Waals surface area contributed by atoms with Crippen molar-refractivity contribution in [3.63, 3.8) is 0 Å². The first-order valence-electron chi connectivity index (χ1n) is 10.4. The summed E-state index contributed by atoms with van der Waals surface area (Å²) in [7, 11) is 0. The summed E-state index contributed by atoms with van der Waals surface area (Å²) < 4.78 is 7.12. The van der Waals surface area contributed by atoms with Gasteiger partial charge in [-0.1, -0.05) is 24.3 Å². The van der Waals surface area contributed by atoms with Gasteiger partial charge in [0.15, 0.2) is 11.5 Å². The fraction of sp³-hybridized carbons (Fsp3) is 0.476. The van der Waals surface area contributed by atoms with Gasteiger partial charge in [0.2, 0.25) is 0 Å². The van der Waals surface area contributed by atoms with Gasteiger partial charge in [-0.2, -0.15) is 9.97 Å². The number of unbranched alkanes of at least 4 members (excludes halogenated alkanes) is 1. The van der Waals surface area contributed by atoms with Crippen molar-refractivity contribution in [2.45, 2.75) is 38.8 Å². The average molecular weight is 412 g/mol. The van der Waals surface area contributed by atoms with Crippen LogP contribution in [0.15, 0.2) is 29.1 Å². The van der Waals surface area contributed by atoms with E-state index in [9.17, 15) is 4.79 Å². The molecule has 0 aliphatic carbocycles. The molecule has 0 spiro atoms. The Hall–Kier alpha value is -2.91. The van der Waals surface area contributed by atoms with Gasteiger partial charge >= 0.3 is 11.7 Å². The summed E-state index contributed by atoms with van der Waals surface area (Å²) >= 11 is 0. The molecular weight excluding hydrogens is 384 g/mol. The fourth-order valence-corrected chi connectivity index (χ4v) is 3.83. The van der Waals surface area contributed by atoms with Crippen LogP contribution in [0, 0.1) is 0 Å². The van der Waals surface area contributed by atoms with Crippen LogP contribution in [0.4, 0.5) is 5.82 Å². The summed E-state index contributed by atoms with van der Waals surface area (Å²) in [6, 6.07) is 8.43. The molecule has 30 heavy (non-hydrogen) atoms. The summed E-state index contributed by atoms with van der Waals surface area (Å²) in [6.45, 7) is 4.08. The lowest BCUT2D eigenvalue weighted by Gasteiger charge is -2.15. The van der Waals surface area contributed by atoms with Gasteiger partial charge in [0.05, 0.1) is 13.2 Å². The number of aliphatic hydroxyl groups is 1. The van der Waals surface area contributed by atoms with E-state index in [1.54, 1.807) is 4.57 Å². The molecule has 4 N–H and O–H groups in total. The van der Waals surface area contributed by atoms with Crippen LogP contribution >= 0.6 is 0 Å². The Labute approximate surface area is 174 Å². The minimum absolute atomic E-state index is 0.111. The van der Waals surface area contributed by atoms with Crippen LogP contribution in [0.25, 0.3) is 11.2 Å². The molecule has 0 bridgehead atoms. The minimum Gasteiger partial charge on any atom is -0.463 e. The molecule has 1 aliphatic rings. The molecule has 160 valence electrons. The van der Waals surface area contributed by atoms with Crippen molar-refractivity contribution in [1.29, 1.82) is 0 Å². The lowest BCUT2D eigenvalue weighted by atomic mass is 10.1. The maximum atomic E-state index is 12.6. The second kappa shape index (κ2) is 9.27. The zero-order chi connectivity index (χ0) is 20.9. The number of aromatic nitrogens is 4. The van der Waals surface area contributed by atoms with Crippen molar-refractivity contribution in [2.75, 3.05) is 32.0 Å². The molecule has 0 atom stereocenters. The van der Waals surface area contributed by atoms with Crippen LogP contribution in [0.2, 0.25) is 0 Å². The van der Waals surface area contributed by atoms with Crippen LogP contribution in [-0.4, -0.2) is 55.8 Å². The van der Waals surface area contributed by atoms with Crippen LogP contribution in [0.1, 0.15) is 36.8 Å². The third-order valence-electron chi connectivity index (χ3n) is 5.35. The molecule has 9 heteroatoms. The number of H-pyrrole nitrogens is 1. The van der Waals surface area contributed by atoms with Crippen molar-refractivity contribution in [3.05, 3.63) is 45.9 Å². The van der Waals surface area contributed by atoms with E-state index in [-0.39, 0.29) is 24.1 Å². The smallest absolute Gasteiger partial charge is 0.328 e. The Morgan fingerprint density at radius 2 is 1.90 bits per heavy atom. The molecule has 0 unspecified atom stereocenters. The molecule has 0 radical (unpaired) electrons. The largest absolute Gasteiger partial charge is 0.463 e. The maximum Gasteiger partial charge on any atom is 0.328 e. The van der Waals surface area contributed by atoms with Crippen LogP contribution in [0.5, 0.6) is 6.01 Å². The van der Waals surface area contributed by atoms with Gasteiger partial charge < -0.3 is 20.6 Å². The van der Waals surface area contributed by atoms with Crippen molar-refractivity contribution in [2.24, 2.45) is 0 Å². The number of likely N-dealkylation sites (tertiary alicyclic amines) is 1. The lowest BCUT2D eigenvalue weighted by molar-refractivity contribution is 0.244. The molecule has 1 aromatic carbocycles. The highest BCUT2D eigenvalue weighted by Crippen LogP contribution is 2.19. The summed E-state index contributed by atoms with van der Waals surface area (Å²) in [4.78, 5) is 26.3. The Morgan fingerprint density at radius 1 is 1.13 bits per heavy atom. The third-order valence-corrected chi connectivity index (χ3v) is 5.35. The van der Waals surface area contributed by atoms with E-state index in [0.717, 1.165) is 25.2 Å². The van der Waals surface area contributed by atoms with Gasteiger partial charge in [0.25, 0.3) is 0 Å². The molecule has 1 aliphatic heterocycles. The van der Waals surface area contributed by atoms with Gasteiger partial charge in [0.1, 0.15) is 5.52 Å². The standard InChI is InChI=1S/C21H28N6O3/c22-18-17-19(25-20(24-18)30-11-4-3-10-28)27(21(29)23-17)14-16-7-5-6-15(12-16)13-26-8-1-2-9-26/h5-7,12,28H,1-4,8-11,13-14H2,(H,23,29)(H2,22,24,25). The summed E-state index contributed by atoms with van der Waals surface area (Å²) in [5, 5.41) is 8.88. The number of nitrogens with two attached hydrogens (primary N) is 1. The zero-order valence-electron chi connectivity index (χ0n) is 17.0. The number of aliphatic hydroxyl groups excluding tert-OH is 1. The minimum atomic E-state index is -0.284. The summed E-state index contributed by atoms with van der Waals surface area (Å²) in [6.07, 6.45) is 3.84. The van der Waals surface area contributed by atoms with Gasteiger partial charge in [0, 0.05) is 13.2 Å². The number of hydrogen-bond acceptors (Lipinski definition) is 7. The maximum absolute atomic E-state index is 12.6. The number of ether oxygens (including phenoxy) is 1. The number of rotatable bonds is 9. The topological polar surface area (TPSA) is 122 Å². The summed E-state index contributed by atoms with van der Waals surface area (Å²) in [5.74, 6) is 0.177. The molecular formula is C21H28N6O3. The molecule has 2 aromatic heterocycles. The highest BCUT2D eigenvalue weighted by atomic mass is 16.5. The van der Waals surface area contributed by atoms with E-state index in [0.29, 0.717) is 37.2 Å². The summed E-state index contributed by atoms with van der Waals surface area (Å²) in [5.41, 5.74) is 8.84. The van der Waals surface area contributed by atoms with Gasteiger partial charge in [-0.05, 0) is 49.9 Å². The first kappa shape index (κ1) is 20.4. The molecule has 4 rings (SSSR count). The first-order valence-corrected chi connectivity index (χ1v) is 10.4. The number of imidazole rings is 1. The van der Waals surface area contributed by atoms with E-state index >= 15 is 0 Å². The van der Waals surface area contributed by atoms with Crippen molar-refractivity contribution < 1.29 is 9.84 Å². The predicted molar refractivity (Wildman–Crippen MR) is 114 cm³/mol. The Kier molecular flexibility index (Phi) is 6.29. The number of hydrogen-bond donors (Lipinski definition) is 3. The highest BCUT2D eigenvalue weighted by Gasteiger charge is 2.16. The number of nitrogens with zero attached hydrogens (tertiary/aromatic N) is 4. The second-order valence-electron chi connectivity index (χ2n) is 7.69. The number of benzene rings is 1. The number of fused-ring (bicyclic) bond motifs is 1. The van der Waals surface area contributed by atoms with Crippen molar-refractivity contribution in [3.8, 4) is 6.01 Å². The lowest BCUT2D eigenvalue weighted by Crippen LogP contribution is -2.19. The number of aromatic amines is 1. The predicted octanol–water partition coefficient (Wildman–Crippen LogP) is 1.50. The molecule has 3 aromatic rings. The van der Waals surface area contributed by atoms with Crippen LogP contribution in [-0.2, 0) is 13.1 Å². The van der Waals surface area contributed by atoms with Gasteiger partial charge in [-0.3, -0.25) is 9.47 Å². The van der Waals surface area contributed by atoms with Crippen LogP contribution < -0.4 is 16.2 Å². The molecule has 0 saturated carbocycles. The SMILES string of the molecule is Nc1nc(OCCCCO)nc2c1[nH]c(=O)n2Cc1cccc(CN2CCCC2)c1. The Morgan fingerprint density at radius 3 is 2.67 bits per heavy atom. The average Bonchev–Trinajstić information content (AvgIpc) is 3.35. The number of anilines is 1. The van der Waals surface area contributed by atoms with E-state index in [1.807, 2.05) is 12.1 Å². The highest BCUT2D eigenvalue weighted by molar-refractivity contribution is 5.81. The third kappa shape index (κ3) is 4.63. The van der Waals surface area contributed by atoms with E-state index < -0.39 is 0 Å². The Balaban J connectivity index is 1.56. The van der Waals surface area contributed by atoms with Gasteiger partial charge in [-0.15, -0.1) is 0 Å². The fourth-order valence-electron chi connectivity index (χ4n) is 3.83. The second-order valence-corrected chi connectivity index (χ2v) is 7.69. The Bertz CT molecular complexity index is 1050. The number of nitrogens with one attached hydrogen (secondary N) is 1. The quantitative estimate of drug-likeness (QED) is 0.455. The molecule has 3 heterocycles. The van der Waals surface area contributed by atoms with Crippen molar-refractivity contribution in [1.82, 2.24) is 24.4 Å². The molecule has 1 fully saturated rings. The van der Waals surface area contributed by atoms with E-state index in [1.165, 1.54) is 18.4 Å². The van der Waals surface area contributed by atoms with Gasteiger partial charge in [-0.25, -0.2) is 4.79 Å². The molecule has 9 nitrogen and oxygen atoms in total. The van der Waals surface area contributed by atoms with Crippen LogP contribution in [0.3, 0.4) is 0 Å². The number of nitrogen functional groups attached to an aromatic ring is 1. The molecule has 1 saturated heterocycles. The first-order chi connectivity index (χ1) is 14.6. The monoisotopic (exact) mass is 412 g/mol. The zero-order valence-corrected chi connectivity index (χ0v) is 17.0. The van der Waals surface area contributed by atoms with E-state index in [4.69, 9.17) is 15.6 Å². The van der Waals surface area contributed by atoms with Crippen molar-refractivity contribution >= 4 is 17.0 Å².